The summed E-state index contributed by atoms with van der Waals surface area (Å²) in [6, 6.07) is 7.91. The number of aromatic nitrogens is 1. The number of anilines is 1. The molecule has 0 amide bonds. The number of aliphatic imine (C=N–C) groups is 1. The molecule has 6 bridgehead atoms. The van der Waals surface area contributed by atoms with E-state index in [0.717, 1.165) is 49.8 Å². The molecule has 0 spiro atoms. The van der Waals surface area contributed by atoms with Crippen LogP contribution in [0.2, 0.25) is 0 Å². The molecule has 1 unspecified atom stereocenters. The highest BCUT2D eigenvalue weighted by atomic mass is 32.2. The normalized spacial score (nSPS) is 28.0. The summed E-state index contributed by atoms with van der Waals surface area (Å²) in [4.78, 5) is 22.6. The molecule has 4 aliphatic heterocycles. The lowest BCUT2D eigenvalue weighted by Crippen LogP contribution is -2.43. The molecule has 2 fully saturated rings. The Balaban J connectivity index is 1.52. The van der Waals surface area contributed by atoms with Gasteiger partial charge < -0.3 is 20.9 Å². The molecule has 0 aliphatic carbocycles. The van der Waals surface area contributed by atoms with Gasteiger partial charge in [0.2, 0.25) is 0 Å². The molecule has 12 heteroatoms. The lowest BCUT2D eigenvalue weighted by atomic mass is 9.85. The van der Waals surface area contributed by atoms with Crippen LogP contribution in [0.25, 0.3) is 0 Å². The van der Waals surface area contributed by atoms with Crippen LogP contribution in [0.5, 0.6) is 0 Å². The van der Waals surface area contributed by atoms with Gasteiger partial charge >= 0.3 is 0 Å². The Bertz CT molecular complexity index is 1510. The van der Waals surface area contributed by atoms with Crippen LogP contribution in [0, 0.1) is 5.92 Å². The number of nitrogens with one attached hydrogen (secondary N) is 1. The monoisotopic (exact) mass is 646 g/mol. The van der Waals surface area contributed by atoms with E-state index in [2.05, 4.69) is 15.2 Å². The Hall–Kier alpha value is -2.83. The topological polar surface area (TPSA) is 113 Å². The Morgan fingerprint density at radius 1 is 0.933 bits per heavy atom. The van der Waals surface area contributed by atoms with Gasteiger partial charge in [0, 0.05) is 48.8 Å². The first kappa shape index (κ1) is 33.5. The van der Waals surface area contributed by atoms with Crippen LogP contribution in [0.4, 0.5) is 20.3 Å². The first-order chi connectivity index (χ1) is 21.5. The molecule has 6 rings (SSSR count). The Morgan fingerprint density at radius 2 is 1.60 bits per heavy atom. The third-order valence-corrected chi connectivity index (χ3v) is 11.5. The minimum atomic E-state index is -3.14. The number of nitrogens with zero attached hydrogens (tertiary/aromatic N) is 4. The molecule has 0 saturated carbocycles. The second kappa shape index (κ2) is 14.3. The number of hydrogen-bond donors (Lipinski definition) is 2. The zero-order chi connectivity index (χ0) is 32.2. The van der Waals surface area contributed by atoms with Gasteiger partial charge in [0.1, 0.15) is 11.5 Å². The van der Waals surface area contributed by atoms with Gasteiger partial charge in [0.05, 0.1) is 17.8 Å². The second-order valence-electron chi connectivity index (χ2n) is 12.9. The largest absolute Gasteiger partial charge is 0.390 e. The number of piperidine rings is 1. The molecule has 9 nitrogen and oxygen atoms in total. The van der Waals surface area contributed by atoms with E-state index in [-0.39, 0.29) is 47.8 Å². The summed E-state index contributed by atoms with van der Waals surface area (Å²) >= 11 is 0. The van der Waals surface area contributed by atoms with E-state index in [9.17, 15) is 13.2 Å². The molecule has 2 atom stereocenters. The predicted molar refractivity (Wildman–Crippen MR) is 176 cm³/mol. The van der Waals surface area contributed by atoms with Crippen LogP contribution in [0.3, 0.4) is 0 Å². The van der Waals surface area contributed by atoms with Crippen molar-refractivity contribution < 1.29 is 17.2 Å². The van der Waals surface area contributed by atoms with Gasteiger partial charge in [-0.1, -0.05) is 37.5 Å². The highest BCUT2D eigenvalue weighted by molar-refractivity contribution is 7.91. The highest BCUT2D eigenvalue weighted by Crippen LogP contribution is 2.42. The molecule has 248 valence electrons. The van der Waals surface area contributed by atoms with Crippen LogP contribution in [-0.4, -0.2) is 68.5 Å². The fourth-order valence-electron chi connectivity index (χ4n) is 7.05. The Morgan fingerprint density at radius 3 is 2.29 bits per heavy atom. The number of nitrogens with two attached hydrogens (primary N) is 1. The summed E-state index contributed by atoms with van der Waals surface area (Å²) in [6.07, 6.45) is 6.96. The summed E-state index contributed by atoms with van der Waals surface area (Å²) in [6.45, 7) is 7.17. The van der Waals surface area contributed by atoms with E-state index in [1.165, 1.54) is 12.4 Å². The van der Waals surface area contributed by atoms with Gasteiger partial charge in [-0.3, -0.25) is 9.36 Å². The van der Waals surface area contributed by atoms with Crippen molar-refractivity contribution in [3.8, 4) is 0 Å². The van der Waals surface area contributed by atoms with E-state index in [1.807, 2.05) is 24.8 Å². The van der Waals surface area contributed by atoms with Gasteiger partial charge in [-0.05, 0) is 76.9 Å². The van der Waals surface area contributed by atoms with Crippen LogP contribution in [0.1, 0.15) is 87.6 Å². The molecule has 0 radical (unpaired) electrons. The fraction of sp³-hybridized carbons (Fsp3) is 0.636. The maximum Gasteiger partial charge on any atom is 0.276 e. The number of halogens is 2. The second-order valence-corrected chi connectivity index (χ2v) is 15.2. The first-order valence-electron chi connectivity index (χ1n) is 16.4. The lowest BCUT2D eigenvalue weighted by molar-refractivity contribution is -0.0855. The van der Waals surface area contributed by atoms with Crippen LogP contribution in [-0.2, 0) is 22.3 Å². The predicted octanol–water partition coefficient (Wildman–Crippen LogP) is 4.88. The maximum atomic E-state index is 15.8. The summed E-state index contributed by atoms with van der Waals surface area (Å²) in [5.74, 6) is -3.15. The van der Waals surface area contributed by atoms with Crippen molar-refractivity contribution in [2.45, 2.75) is 83.3 Å². The van der Waals surface area contributed by atoms with Crippen LogP contribution >= 0.6 is 0 Å². The minimum Gasteiger partial charge on any atom is -0.390 e. The van der Waals surface area contributed by atoms with Crippen molar-refractivity contribution in [2.75, 3.05) is 49.1 Å². The highest BCUT2D eigenvalue weighted by Gasteiger charge is 2.42. The summed E-state index contributed by atoms with van der Waals surface area (Å²) < 4.78 is 57.7. The molecular weight excluding hydrogens is 598 g/mol. The van der Waals surface area contributed by atoms with E-state index in [4.69, 9.17) is 5.73 Å². The third-order valence-electron chi connectivity index (χ3n) is 9.85. The van der Waals surface area contributed by atoms with Gasteiger partial charge in [-0.15, -0.1) is 0 Å². The zero-order valence-corrected chi connectivity index (χ0v) is 27.4. The van der Waals surface area contributed by atoms with Crippen LogP contribution < -0.4 is 21.5 Å². The smallest absolute Gasteiger partial charge is 0.276 e. The van der Waals surface area contributed by atoms with Crippen molar-refractivity contribution in [1.82, 2.24) is 14.8 Å². The Labute approximate surface area is 265 Å². The number of rotatable bonds is 2. The molecule has 3 N–H and O–H groups in total. The first-order valence-corrected chi connectivity index (χ1v) is 18.3. The van der Waals surface area contributed by atoms with Crippen molar-refractivity contribution in [3.05, 3.63) is 57.4 Å². The number of pyridine rings is 1. The molecule has 5 heterocycles. The number of sulfone groups is 1. The number of fused-ring (bicyclic) bond motifs is 10. The van der Waals surface area contributed by atoms with Crippen molar-refractivity contribution >= 4 is 27.7 Å². The number of alkyl halides is 2. The van der Waals surface area contributed by atoms with E-state index in [0.29, 0.717) is 44.0 Å². The molecule has 1 aromatic carbocycles. The number of benzene rings is 1. The lowest BCUT2D eigenvalue weighted by Gasteiger charge is -2.36. The van der Waals surface area contributed by atoms with E-state index < -0.39 is 21.7 Å². The van der Waals surface area contributed by atoms with Gasteiger partial charge in [0.25, 0.3) is 11.5 Å². The molecule has 1 aromatic heterocycles. The average Bonchev–Trinajstić information content (AvgIpc) is 3.02. The maximum absolute atomic E-state index is 15.8. The van der Waals surface area contributed by atoms with Crippen LogP contribution in [0.15, 0.2) is 40.1 Å². The van der Waals surface area contributed by atoms with Crippen molar-refractivity contribution in [1.29, 1.82) is 0 Å². The fourth-order valence-corrected chi connectivity index (χ4v) is 8.25. The Kier molecular flexibility index (Phi) is 10.7. The summed E-state index contributed by atoms with van der Waals surface area (Å²) in [5.41, 5.74) is 7.57. The summed E-state index contributed by atoms with van der Waals surface area (Å²) in [5, 5.41) is 3.55. The van der Waals surface area contributed by atoms with Gasteiger partial charge in [-0.25, -0.2) is 22.2 Å². The third kappa shape index (κ3) is 7.77. The van der Waals surface area contributed by atoms with E-state index >= 15 is 8.78 Å². The van der Waals surface area contributed by atoms with Crippen molar-refractivity contribution in [2.24, 2.45) is 16.6 Å². The molecule has 2 aromatic rings. The average molecular weight is 647 g/mol. The van der Waals surface area contributed by atoms with Crippen molar-refractivity contribution in [3.63, 3.8) is 0 Å². The summed E-state index contributed by atoms with van der Waals surface area (Å²) in [7, 11) is -3.14. The number of hydrogen-bond acceptors (Lipinski definition) is 7. The molecule has 4 aliphatic rings. The zero-order valence-electron chi connectivity index (χ0n) is 26.6. The molecular formula is C33H48F2N6O3S. The standard InChI is InChI=1S/C33H48F2N6O3S/c1-24-26-9-8-10-28(21-26)33(34,35)27-11-15-39(16-12-27)13-6-4-3-5-7-14-41-31(37-23-36)29(25(2)38-24)22-30(32(41)42)40-17-19-45(43,44)20-18-40/h8-10,21-25,27,38H,3-7,11-20H2,1-2H3,(H2,36,37)/t24-,25?/m1/s1. The molecule has 45 heavy (non-hydrogen) atoms. The van der Waals surface area contributed by atoms with Gasteiger partial charge in [0.15, 0.2) is 9.84 Å². The quantitative estimate of drug-likeness (QED) is 0.353. The minimum absolute atomic E-state index is 0.00538. The van der Waals surface area contributed by atoms with E-state index in [1.54, 1.807) is 22.8 Å². The SMILES string of the molecule is CC1N[C@H](C)c2cccc(c2)C(F)(F)C2CCN(CCCCCCCn3c(/N=C\N)c1cc(N1CCS(=O)(=O)CC1)c3=O)CC2. The van der Waals surface area contributed by atoms with Gasteiger partial charge in [-0.2, -0.15) is 0 Å². The molecule has 2 saturated heterocycles.